The van der Waals surface area contributed by atoms with Gasteiger partial charge in [0.25, 0.3) is 0 Å². The van der Waals surface area contributed by atoms with E-state index in [1.54, 1.807) is 18.3 Å². The predicted octanol–water partition coefficient (Wildman–Crippen LogP) is 2.93. The third-order valence-electron chi connectivity index (χ3n) is 3.34. The number of nitrogens with one attached hydrogen (secondary N) is 1. The van der Waals surface area contributed by atoms with Gasteiger partial charge in [-0.25, -0.2) is 9.82 Å². The van der Waals surface area contributed by atoms with Crippen molar-refractivity contribution in [2.45, 2.75) is 6.04 Å². The maximum absolute atomic E-state index is 13.0. The van der Waals surface area contributed by atoms with E-state index in [1.165, 1.54) is 12.1 Å². The van der Waals surface area contributed by atoms with Gasteiger partial charge in [0.1, 0.15) is 5.82 Å². The first-order valence-corrected chi connectivity index (χ1v) is 6.35. The lowest BCUT2D eigenvalue weighted by molar-refractivity contribution is 0.616. The van der Waals surface area contributed by atoms with Crippen LogP contribution < -0.4 is 11.3 Å². The number of para-hydroxylation sites is 1. The van der Waals surface area contributed by atoms with Crippen molar-refractivity contribution in [1.29, 1.82) is 0 Å². The molecule has 3 N–H and O–H groups in total. The SMILES string of the molecule is NNC(c1ccc(F)cc1)c1cccc2cccnc12. The lowest BCUT2D eigenvalue weighted by Crippen LogP contribution is -2.29. The van der Waals surface area contributed by atoms with Gasteiger partial charge in [-0.2, -0.15) is 0 Å². The molecule has 3 rings (SSSR count). The highest BCUT2D eigenvalue weighted by Gasteiger charge is 2.15. The molecule has 0 saturated carbocycles. The van der Waals surface area contributed by atoms with E-state index < -0.39 is 0 Å². The highest BCUT2D eigenvalue weighted by Crippen LogP contribution is 2.27. The quantitative estimate of drug-likeness (QED) is 0.566. The number of hydrogen-bond donors (Lipinski definition) is 2. The average Bonchev–Trinajstić information content (AvgIpc) is 2.50. The Morgan fingerprint density at radius 2 is 1.75 bits per heavy atom. The summed E-state index contributed by atoms with van der Waals surface area (Å²) in [4.78, 5) is 4.42. The second-order valence-electron chi connectivity index (χ2n) is 4.57. The molecule has 0 aliphatic carbocycles. The van der Waals surface area contributed by atoms with E-state index in [-0.39, 0.29) is 11.9 Å². The van der Waals surface area contributed by atoms with E-state index >= 15 is 0 Å². The Hall–Kier alpha value is -2.30. The Morgan fingerprint density at radius 1 is 1.00 bits per heavy atom. The van der Waals surface area contributed by atoms with Crippen LogP contribution in [0.1, 0.15) is 17.2 Å². The topological polar surface area (TPSA) is 50.9 Å². The molecule has 100 valence electrons. The number of benzene rings is 2. The summed E-state index contributed by atoms with van der Waals surface area (Å²) in [5.74, 6) is 5.43. The summed E-state index contributed by atoms with van der Waals surface area (Å²) in [5.41, 5.74) is 5.54. The minimum Gasteiger partial charge on any atom is -0.271 e. The Labute approximate surface area is 116 Å². The molecule has 0 aliphatic rings. The monoisotopic (exact) mass is 267 g/mol. The van der Waals surface area contributed by atoms with Crippen LogP contribution in [-0.4, -0.2) is 4.98 Å². The van der Waals surface area contributed by atoms with Crippen molar-refractivity contribution < 1.29 is 4.39 Å². The van der Waals surface area contributed by atoms with Crippen LogP contribution in [0.5, 0.6) is 0 Å². The van der Waals surface area contributed by atoms with Crippen LogP contribution in [0.15, 0.2) is 60.8 Å². The zero-order chi connectivity index (χ0) is 13.9. The maximum Gasteiger partial charge on any atom is 0.123 e. The van der Waals surface area contributed by atoms with Gasteiger partial charge in [-0.3, -0.25) is 10.8 Å². The van der Waals surface area contributed by atoms with Gasteiger partial charge in [0.05, 0.1) is 11.6 Å². The summed E-state index contributed by atoms with van der Waals surface area (Å²) >= 11 is 0. The van der Waals surface area contributed by atoms with Gasteiger partial charge in [0.2, 0.25) is 0 Å². The molecule has 4 heteroatoms. The van der Waals surface area contributed by atoms with Crippen molar-refractivity contribution in [1.82, 2.24) is 10.4 Å². The van der Waals surface area contributed by atoms with E-state index in [9.17, 15) is 4.39 Å². The number of hydrazine groups is 1. The minimum absolute atomic E-state index is 0.228. The smallest absolute Gasteiger partial charge is 0.123 e. The molecule has 0 fully saturated rings. The molecule has 0 bridgehead atoms. The number of halogens is 1. The van der Waals surface area contributed by atoms with Gasteiger partial charge in [-0.1, -0.05) is 36.4 Å². The third-order valence-corrected chi connectivity index (χ3v) is 3.34. The first kappa shape index (κ1) is 12.7. The second-order valence-corrected chi connectivity index (χ2v) is 4.57. The molecule has 1 aromatic heterocycles. The molecule has 1 heterocycles. The van der Waals surface area contributed by atoms with E-state index in [0.717, 1.165) is 22.0 Å². The van der Waals surface area contributed by atoms with Crippen molar-refractivity contribution in [3.05, 3.63) is 77.7 Å². The summed E-state index contributed by atoms with van der Waals surface area (Å²) in [6.07, 6.45) is 1.75. The molecule has 0 saturated heterocycles. The number of nitrogens with two attached hydrogens (primary N) is 1. The van der Waals surface area contributed by atoms with E-state index in [2.05, 4.69) is 10.4 Å². The molecular weight excluding hydrogens is 253 g/mol. The number of hydrogen-bond acceptors (Lipinski definition) is 3. The van der Waals surface area contributed by atoms with Crippen LogP contribution in [0.3, 0.4) is 0 Å². The lowest BCUT2D eigenvalue weighted by Gasteiger charge is -2.18. The van der Waals surface area contributed by atoms with Gasteiger partial charge < -0.3 is 0 Å². The standard InChI is InChI=1S/C16H14FN3/c17-13-8-6-12(7-9-13)16(20-18)14-5-1-3-11-4-2-10-19-15(11)14/h1-10,16,20H,18H2. The minimum atomic E-state index is -0.263. The lowest BCUT2D eigenvalue weighted by atomic mass is 9.97. The number of rotatable bonds is 3. The molecule has 3 aromatic rings. The molecule has 1 unspecified atom stereocenters. The van der Waals surface area contributed by atoms with Gasteiger partial charge in [-0.15, -0.1) is 0 Å². The fourth-order valence-electron chi connectivity index (χ4n) is 2.38. The largest absolute Gasteiger partial charge is 0.271 e. The van der Waals surface area contributed by atoms with Crippen molar-refractivity contribution in [3.63, 3.8) is 0 Å². The fourth-order valence-corrected chi connectivity index (χ4v) is 2.38. The molecule has 20 heavy (non-hydrogen) atoms. The van der Waals surface area contributed by atoms with Crippen LogP contribution in [0.25, 0.3) is 10.9 Å². The van der Waals surface area contributed by atoms with Crippen molar-refractivity contribution in [2.24, 2.45) is 5.84 Å². The molecule has 0 radical (unpaired) electrons. The average molecular weight is 267 g/mol. The van der Waals surface area contributed by atoms with Crippen molar-refractivity contribution in [2.75, 3.05) is 0 Å². The van der Waals surface area contributed by atoms with Crippen LogP contribution in [0, 0.1) is 5.82 Å². The summed E-state index contributed by atoms with van der Waals surface area (Å²) in [5, 5.41) is 1.05. The van der Waals surface area contributed by atoms with E-state index in [0.29, 0.717) is 0 Å². The third kappa shape index (κ3) is 2.27. The molecule has 2 aromatic carbocycles. The van der Waals surface area contributed by atoms with Crippen LogP contribution in [-0.2, 0) is 0 Å². The maximum atomic E-state index is 13.0. The number of fused-ring (bicyclic) bond motifs is 1. The summed E-state index contributed by atoms with van der Waals surface area (Å²) in [7, 11) is 0. The van der Waals surface area contributed by atoms with E-state index in [4.69, 9.17) is 5.84 Å². The number of aromatic nitrogens is 1. The van der Waals surface area contributed by atoms with E-state index in [1.807, 2.05) is 30.3 Å². The second kappa shape index (κ2) is 5.36. The van der Waals surface area contributed by atoms with Gasteiger partial charge in [0, 0.05) is 17.1 Å². The van der Waals surface area contributed by atoms with Crippen molar-refractivity contribution >= 4 is 10.9 Å². The normalized spacial score (nSPS) is 12.5. The zero-order valence-electron chi connectivity index (χ0n) is 10.8. The van der Waals surface area contributed by atoms with Gasteiger partial charge >= 0.3 is 0 Å². The highest BCUT2D eigenvalue weighted by molar-refractivity contribution is 5.82. The number of pyridine rings is 1. The Balaban J connectivity index is 2.14. The Bertz CT molecular complexity index is 720. The van der Waals surface area contributed by atoms with Crippen LogP contribution >= 0.6 is 0 Å². The molecule has 1 atom stereocenters. The fraction of sp³-hybridized carbons (Fsp3) is 0.0625. The van der Waals surface area contributed by atoms with Crippen molar-refractivity contribution in [3.8, 4) is 0 Å². The predicted molar refractivity (Wildman–Crippen MR) is 77.3 cm³/mol. The molecular formula is C16H14FN3. The first-order valence-electron chi connectivity index (χ1n) is 6.35. The first-order chi connectivity index (χ1) is 9.79. The Morgan fingerprint density at radius 3 is 2.50 bits per heavy atom. The zero-order valence-corrected chi connectivity index (χ0v) is 10.8. The molecule has 0 aliphatic heterocycles. The Kier molecular flexibility index (Phi) is 3.41. The molecule has 0 amide bonds. The summed E-state index contributed by atoms with van der Waals surface area (Å²) < 4.78 is 13.0. The van der Waals surface area contributed by atoms with Gasteiger partial charge in [0.15, 0.2) is 0 Å². The summed E-state index contributed by atoms with van der Waals surface area (Å²) in [6, 6.07) is 15.9. The van der Waals surface area contributed by atoms with Gasteiger partial charge in [-0.05, 0) is 23.8 Å². The highest BCUT2D eigenvalue weighted by atomic mass is 19.1. The van der Waals surface area contributed by atoms with Crippen LogP contribution in [0.2, 0.25) is 0 Å². The molecule has 3 nitrogen and oxygen atoms in total. The molecule has 0 spiro atoms. The summed E-state index contributed by atoms with van der Waals surface area (Å²) in [6.45, 7) is 0. The van der Waals surface area contributed by atoms with Crippen LogP contribution in [0.4, 0.5) is 4.39 Å². The number of nitrogens with zero attached hydrogens (tertiary/aromatic N) is 1.